The highest BCUT2D eigenvalue weighted by molar-refractivity contribution is 5.38. The van der Waals surface area contributed by atoms with Gasteiger partial charge >= 0.3 is 0 Å². The van der Waals surface area contributed by atoms with Crippen molar-refractivity contribution in [2.24, 2.45) is 5.84 Å². The van der Waals surface area contributed by atoms with Crippen LogP contribution in [-0.4, -0.2) is 13.2 Å². The number of hydrogen-bond donors (Lipinski definition) is 2. The molecule has 1 rings (SSSR count). The number of benzene rings is 1. The smallest absolute Gasteiger partial charge is 0.123 e. The molecule has 0 amide bonds. The lowest BCUT2D eigenvalue weighted by atomic mass is 10.2. The van der Waals surface area contributed by atoms with E-state index in [1.54, 1.807) is 0 Å². The maximum atomic E-state index is 5.43. The van der Waals surface area contributed by atoms with Crippen LogP contribution in [0.5, 0.6) is 11.5 Å². The van der Waals surface area contributed by atoms with E-state index in [0.717, 1.165) is 17.1 Å². The number of nitrogens with one attached hydrogen (secondary N) is 1. The molecule has 0 spiro atoms. The quantitative estimate of drug-likeness (QED) is 0.551. The van der Waals surface area contributed by atoms with Gasteiger partial charge < -0.3 is 9.47 Å². The van der Waals surface area contributed by atoms with E-state index >= 15 is 0 Å². The Kier molecular flexibility index (Phi) is 4.93. The summed E-state index contributed by atoms with van der Waals surface area (Å²) in [6.07, 6.45) is 0. The number of nitrogens with two attached hydrogens (primary N) is 1. The van der Waals surface area contributed by atoms with E-state index < -0.39 is 0 Å². The van der Waals surface area contributed by atoms with Crippen molar-refractivity contribution >= 4 is 0 Å². The van der Waals surface area contributed by atoms with E-state index in [4.69, 9.17) is 15.3 Å². The number of rotatable bonds is 6. The molecule has 3 N–H and O–H groups in total. The zero-order valence-corrected chi connectivity index (χ0v) is 9.25. The highest BCUT2D eigenvalue weighted by Gasteiger charge is 2.01. The Bertz CT molecular complexity index is 243. The minimum Gasteiger partial charge on any atom is -0.494 e. The molecule has 0 aliphatic carbocycles. The number of hydrazine groups is 1. The summed E-state index contributed by atoms with van der Waals surface area (Å²) in [5.41, 5.74) is 3.66. The van der Waals surface area contributed by atoms with Gasteiger partial charge in [0.05, 0.1) is 13.2 Å². The van der Waals surface area contributed by atoms with Gasteiger partial charge in [-0.2, -0.15) is 0 Å². The monoisotopic (exact) mass is 210 g/mol. The fourth-order valence-electron chi connectivity index (χ4n) is 1.35. The van der Waals surface area contributed by atoms with Gasteiger partial charge in [0.2, 0.25) is 0 Å². The van der Waals surface area contributed by atoms with Crippen LogP contribution < -0.4 is 20.7 Å². The Morgan fingerprint density at radius 2 is 1.60 bits per heavy atom. The van der Waals surface area contributed by atoms with Crippen molar-refractivity contribution in [3.8, 4) is 11.5 Å². The van der Waals surface area contributed by atoms with Crippen LogP contribution in [0.15, 0.2) is 18.2 Å². The standard InChI is InChI=1S/C11H18N2O2/c1-3-14-10-5-9(8-13-12)6-11(7-10)15-4-2/h5-7,13H,3-4,8,12H2,1-2H3. The molecule has 84 valence electrons. The van der Waals surface area contributed by atoms with Crippen LogP contribution in [0.1, 0.15) is 19.4 Å². The Morgan fingerprint density at radius 1 is 1.07 bits per heavy atom. The zero-order valence-electron chi connectivity index (χ0n) is 9.25. The van der Waals surface area contributed by atoms with Crippen molar-refractivity contribution in [1.29, 1.82) is 0 Å². The second-order valence-corrected chi connectivity index (χ2v) is 3.06. The molecule has 0 unspecified atom stereocenters. The van der Waals surface area contributed by atoms with Crippen LogP contribution in [0.4, 0.5) is 0 Å². The van der Waals surface area contributed by atoms with Crippen molar-refractivity contribution in [2.45, 2.75) is 20.4 Å². The lowest BCUT2D eigenvalue weighted by Crippen LogP contribution is -2.20. The van der Waals surface area contributed by atoms with Gasteiger partial charge in [-0.15, -0.1) is 0 Å². The zero-order chi connectivity index (χ0) is 11.1. The second kappa shape index (κ2) is 6.27. The molecule has 0 saturated carbocycles. The summed E-state index contributed by atoms with van der Waals surface area (Å²) in [4.78, 5) is 0. The normalized spacial score (nSPS) is 10.1. The maximum Gasteiger partial charge on any atom is 0.123 e. The van der Waals surface area contributed by atoms with E-state index in [-0.39, 0.29) is 0 Å². The first-order chi connectivity index (χ1) is 7.30. The van der Waals surface area contributed by atoms with Gasteiger partial charge in [0, 0.05) is 12.6 Å². The molecule has 1 aromatic carbocycles. The van der Waals surface area contributed by atoms with E-state index in [9.17, 15) is 0 Å². The first kappa shape index (κ1) is 11.8. The van der Waals surface area contributed by atoms with E-state index in [1.807, 2.05) is 32.0 Å². The fraction of sp³-hybridized carbons (Fsp3) is 0.455. The molecule has 4 heteroatoms. The van der Waals surface area contributed by atoms with Gasteiger partial charge in [-0.3, -0.25) is 11.3 Å². The number of ether oxygens (including phenoxy) is 2. The molecular formula is C11H18N2O2. The lowest BCUT2D eigenvalue weighted by Gasteiger charge is -2.10. The topological polar surface area (TPSA) is 56.5 Å². The highest BCUT2D eigenvalue weighted by Crippen LogP contribution is 2.22. The van der Waals surface area contributed by atoms with Crippen LogP contribution in [0.25, 0.3) is 0 Å². The molecule has 0 aromatic heterocycles. The summed E-state index contributed by atoms with van der Waals surface area (Å²) >= 11 is 0. The van der Waals surface area contributed by atoms with E-state index in [0.29, 0.717) is 19.8 Å². The van der Waals surface area contributed by atoms with Crippen LogP contribution in [0.2, 0.25) is 0 Å². The molecule has 0 heterocycles. The molecule has 0 aliphatic rings. The van der Waals surface area contributed by atoms with Gasteiger partial charge in [-0.1, -0.05) is 0 Å². The van der Waals surface area contributed by atoms with Gasteiger partial charge in [-0.05, 0) is 31.5 Å². The summed E-state index contributed by atoms with van der Waals surface area (Å²) in [6.45, 7) is 5.79. The average Bonchev–Trinajstić information content (AvgIpc) is 2.19. The van der Waals surface area contributed by atoms with E-state index in [1.165, 1.54) is 0 Å². The minimum absolute atomic E-state index is 0.598. The molecule has 0 bridgehead atoms. The van der Waals surface area contributed by atoms with Crippen molar-refractivity contribution in [3.63, 3.8) is 0 Å². The molecule has 15 heavy (non-hydrogen) atoms. The van der Waals surface area contributed by atoms with Crippen molar-refractivity contribution < 1.29 is 9.47 Å². The molecule has 0 fully saturated rings. The third kappa shape index (κ3) is 3.77. The first-order valence-electron chi connectivity index (χ1n) is 5.13. The molecule has 0 atom stereocenters. The molecule has 1 aromatic rings. The van der Waals surface area contributed by atoms with Crippen molar-refractivity contribution in [2.75, 3.05) is 13.2 Å². The highest BCUT2D eigenvalue weighted by atomic mass is 16.5. The summed E-state index contributed by atoms with van der Waals surface area (Å²) in [5.74, 6) is 6.90. The summed E-state index contributed by atoms with van der Waals surface area (Å²) in [5, 5.41) is 0. The SMILES string of the molecule is CCOc1cc(CNN)cc(OCC)c1. The van der Waals surface area contributed by atoms with Crippen molar-refractivity contribution in [1.82, 2.24) is 5.43 Å². The Labute approximate surface area is 90.3 Å². The Balaban J connectivity index is 2.86. The van der Waals surface area contributed by atoms with Crippen LogP contribution >= 0.6 is 0 Å². The molecule has 0 radical (unpaired) electrons. The lowest BCUT2D eigenvalue weighted by molar-refractivity contribution is 0.322. The van der Waals surface area contributed by atoms with Crippen LogP contribution in [0.3, 0.4) is 0 Å². The van der Waals surface area contributed by atoms with Crippen LogP contribution in [0, 0.1) is 0 Å². The molecule has 0 aliphatic heterocycles. The van der Waals surface area contributed by atoms with E-state index in [2.05, 4.69) is 5.43 Å². The second-order valence-electron chi connectivity index (χ2n) is 3.06. The molecule has 0 saturated heterocycles. The van der Waals surface area contributed by atoms with Gasteiger partial charge in [-0.25, -0.2) is 0 Å². The Hall–Kier alpha value is -1.26. The first-order valence-corrected chi connectivity index (χ1v) is 5.13. The third-order valence-corrected chi connectivity index (χ3v) is 1.87. The fourth-order valence-corrected chi connectivity index (χ4v) is 1.35. The summed E-state index contributed by atoms with van der Waals surface area (Å²) in [6, 6.07) is 5.78. The van der Waals surface area contributed by atoms with Gasteiger partial charge in [0.1, 0.15) is 11.5 Å². The summed E-state index contributed by atoms with van der Waals surface area (Å²) < 4.78 is 10.9. The van der Waals surface area contributed by atoms with Crippen LogP contribution in [-0.2, 0) is 6.54 Å². The number of hydrogen-bond acceptors (Lipinski definition) is 4. The average molecular weight is 210 g/mol. The predicted molar refractivity (Wildman–Crippen MR) is 59.8 cm³/mol. The van der Waals surface area contributed by atoms with Gasteiger partial charge in [0.15, 0.2) is 0 Å². The Morgan fingerprint density at radius 3 is 2.00 bits per heavy atom. The summed E-state index contributed by atoms with van der Waals surface area (Å²) in [7, 11) is 0. The molecule has 4 nitrogen and oxygen atoms in total. The minimum atomic E-state index is 0.598. The van der Waals surface area contributed by atoms with Crippen molar-refractivity contribution in [3.05, 3.63) is 23.8 Å². The molecular weight excluding hydrogens is 192 g/mol. The third-order valence-electron chi connectivity index (χ3n) is 1.87. The predicted octanol–water partition coefficient (Wildman–Crippen LogP) is 1.45. The largest absolute Gasteiger partial charge is 0.494 e. The maximum absolute atomic E-state index is 5.43. The van der Waals surface area contributed by atoms with Gasteiger partial charge in [0.25, 0.3) is 0 Å².